The molecule has 2 aliphatic rings. The van der Waals surface area contributed by atoms with Gasteiger partial charge in [0.1, 0.15) is 0 Å². The molecular formula is C16H31N. The van der Waals surface area contributed by atoms with Crippen LogP contribution in [-0.4, -0.2) is 13.1 Å². The van der Waals surface area contributed by atoms with Gasteiger partial charge in [-0.3, -0.25) is 0 Å². The first kappa shape index (κ1) is 13.4. The molecule has 3 unspecified atom stereocenters. The molecule has 0 heterocycles. The lowest BCUT2D eigenvalue weighted by Gasteiger charge is -2.33. The Bertz CT molecular complexity index is 208. The Labute approximate surface area is 108 Å². The van der Waals surface area contributed by atoms with Gasteiger partial charge in [0.25, 0.3) is 0 Å². The fourth-order valence-electron chi connectivity index (χ4n) is 4.18. The zero-order valence-electron chi connectivity index (χ0n) is 11.9. The molecule has 17 heavy (non-hydrogen) atoms. The van der Waals surface area contributed by atoms with Crippen LogP contribution in [0.25, 0.3) is 0 Å². The minimum Gasteiger partial charge on any atom is -0.317 e. The third-order valence-corrected chi connectivity index (χ3v) is 5.28. The molecular weight excluding hydrogens is 206 g/mol. The summed E-state index contributed by atoms with van der Waals surface area (Å²) in [7, 11) is 2.18. The number of rotatable bonds is 5. The standard InChI is InChI=1S/C16H31N/c1-13-6-5-9-15(12-13)16(17-2)11-10-14-7-3-4-8-14/h13-17H,3-12H2,1-2H3. The van der Waals surface area contributed by atoms with Crippen LogP contribution in [-0.2, 0) is 0 Å². The number of hydrogen-bond acceptors (Lipinski definition) is 1. The van der Waals surface area contributed by atoms with Crippen molar-refractivity contribution in [1.29, 1.82) is 0 Å². The summed E-state index contributed by atoms with van der Waals surface area (Å²) in [6, 6.07) is 0.804. The van der Waals surface area contributed by atoms with Gasteiger partial charge in [0, 0.05) is 6.04 Å². The van der Waals surface area contributed by atoms with Crippen molar-refractivity contribution >= 4 is 0 Å². The van der Waals surface area contributed by atoms with Crippen LogP contribution in [0.4, 0.5) is 0 Å². The van der Waals surface area contributed by atoms with Crippen molar-refractivity contribution in [2.45, 2.75) is 77.2 Å². The monoisotopic (exact) mass is 237 g/mol. The van der Waals surface area contributed by atoms with Crippen LogP contribution in [0.15, 0.2) is 0 Å². The van der Waals surface area contributed by atoms with E-state index in [1.165, 1.54) is 64.2 Å². The van der Waals surface area contributed by atoms with Gasteiger partial charge < -0.3 is 5.32 Å². The van der Waals surface area contributed by atoms with Crippen molar-refractivity contribution in [3.63, 3.8) is 0 Å². The van der Waals surface area contributed by atoms with E-state index in [4.69, 9.17) is 0 Å². The largest absolute Gasteiger partial charge is 0.317 e. The van der Waals surface area contributed by atoms with Gasteiger partial charge in [-0.05, 0) is 50.5 Å². The lowest BCUT2D eigenvalue weighted by molar-refractivity contribution is 0.213. The zero-order chi connectivity index (χ0) is 12.1. The van der Waals surface area contributed by atoms with Crippen LogP contribution in [0.5, 0.6) is 0 Å². The average molecular weight is 237 g/mol. The second kappa shape index (κ2) is 6.78. The Morgan fingerprint density at radius 3 is 2.47 bits per heavy atom. The second-order valence-corrected chi connectivity index (χ2v) is 6.65. The van der Waals surface area contributed by atoms with E-state index in [1.807, 2.05) is 0 Å². The highest BCUT2D eigenvalue weighted by Crippen LogP contribution is 2.34. The summed E-state index contributed by atoms with van der Waals surface area (Å²) in [5.74, 6) is 2.99. The van der Waals surface area contributed by atoms with Crippen LogP contribution < -0.4 is 5.32 Å². The van der Waals surface area contributed by atoms with Crippen LogP contribution >= 0.6 is 0 Å². The van der Waals surface area contributed by atoms with Crippen molar-refractivity contribution in [2.24, 2.45) is 17.8 Å². The first-order chi connectivity index (χ1) is 8.29. The third kappa shape index (κ3) is 3.98. The molecule has 100 valence electrons. The molecule has 0 bridgehead atoms. The predicted octanol–water partition coefficient (Wildman–Crippen LogP) is 4.37. The first-order valence-electron chi connectivity index (χ1n) is 7.97. The molecule has 2 fully saturated rings. The molecule has 1 N–H and O–H groups in total. The Morgan fingerprint density at radius 2 is 1.82 bits per heavy atom. The van der Waals surface area contributed by atoms with Crippen molar-refractivity contribution in [2.75, 3.05) is 7.05 Å². The fraction of sp³-hybridized carbons (Fsp3) is 1.00. The summed E-state index contributed by atoms with van der Waals surface area (Å²) < 4.78 is 0. The quantitative estimate of drug-likeness (QED) is 0.748. The molecule has 2 aliphatic carbocycles. The van der Waals surface area contributed by atoms with Crippen molar-refractivity contribution in [3.8, 4) is 0 Å². The van der Waals surface area contributed by atoms with E-state index >= 15 is 0 Å². The van der Waals surface area contributed by atoms with Gasteiger partial charge >= 0.3 is 0 Å². The third-order valence-electron chi connectivity index (χ3n) is 5.28. The maximum absolute atomic E-state index is 3.62. The van der Waals surface area contributed by atoms with Crippen LogP contribution in [0.2, 0.25) is 0 Å². The Hall–Kier alpha value is -0.0400. The zero-order valence-corrected chi connectivity index (χ0v) is 11.9. The summed E-state index contributed by atoms with van der Waals surface area (Å²) in [6.45, 7) is 2.44. The summed E-state index contributed by atoms with van der Waals surface area (Å²) in [6.07, 6.45) is 14.8. The fourth-order valence-corrected chi connectivity index (χ4v) is 4.18. The molecule has 2 saturated carbocycles. The van der Waals surface area contributed by atoms with Gasteiger partial charge in [0.15, 0.2) is 0 Å². The molecule has 1 heteroatoms. The van der Waals surface area contributed by atoms with E-state index in [2.05, 4.69) is 19.3 Å². The van der Waals surface area contributed by atoms with Crippen molar-refractivity contribution in [3.05, 3.63) is 0 Å². The van der Waals surface area contributed by atoms with E-state index < -0.39 is 0 Å². The molecule has 0 aliphatic heterocycles. The number of nitrogens with one attached hydrogen (secondary N) is 1. The Balaban J connectivity index is 1.74. The smallest absolute Gasteiger partial charge is 0.00925 e. The lowest BCUT2D eigenvalue weighted by Crippen LogP contribution is -2.36. The highest BCUT2D eigenvalue weighted by molar-refractivity contribution is 4.82. The van der Waals surface area contributed by atoms with Crippen LogP contribution in [0.3, 0.4) is 0 Å². The minimum atomic E-state index is 0.804. The van der Waals surface area contributed by atoms with E-state index in [9.17, 15) is 0 Å². The molecule has 0 saturated heterocycles. The molecule has 0 spiro atoms. The Kier molecular flexibility index (Phi) is 5.34. The van der Waals surface area contributed by atoms with Gasteiger partial charge in [-0.25, -0.2) is 0 Å². The maximum atomic E-state index is 3.62. The van der Waals surface area contributed by atoms with Gasteiger partial charge in [0.2, 0.25) is 0 Å². The average Bonchev–Trinajstić information content (AvgIpc) is 2.83. The van der Waals surface area contributed by atoms with Gasteiger partial charge in [0.05, 0.1) is 0 Å². The molecule has 1 nitrogen and oxygen atoms in total. The van der Waals surface area contributed by atoms with E-state index in [0.29, 0.717) is 0 Å². The Morgan fingerprint density at radius 1 is 1.06 bits per heavy atom. The molecule has 2 rings (SSSR count). The lowest BCUT2D eigenvalue weighted by atomic mass is 9.77. The summed E-state index contributed by atoms with van der Waals surface area (Å²) >= 11 is 0. The second-order valence-electron chi connectivity index (χ2n) is 6.65. The molecule has 0 aromatic heterocycles. The van der Waals surface area contributed by atoms with Gasteiger partial charge in [-0.2, -0.15) is 0 Å². The molecule has 0 amide bonds. The predicted molar refractivity (Wildman–Crippen MR) is 75.2 cm³/mol. The molecule has 0 aromatic rings. The van der Waals surface area contributed by atoms with Crippen LogP contribution in [0.1, 0.15) is 71.1 Å². The van der Waals surface area contributed by atoms with E-state index in [-0.39, 0.29) is 0 Å². The normalized spacial score (nSPS) is 32.8. The molecule has 0 radical (unpaired) electrons. The summed E-state index contributed by atoms with van der Waals surface area (Å²) in [4.78, 5) is 0. The van der Waals surface area contributed by atoms with E-state index in [0.717, 1.165) is 23.8 Å². The van der Waals surface area contributed by atoms with Gasteiger partial charge in [-0.15, -0.1) is 0 Å². The van der Waals surface area contributed by atoms with Crippen molar-refractivity contribution < 1.29 is 0 Å². The highest BCUT2D eigenvalue weighted by Gasteiger charge is 2.26. The highest BCUT2D eigenvalue weighted by atomic mass is 14.9. The van der Waals surface area contributed by atoms with Gasteiger partial charge in [-0.1, -0.05) is 45.4 Å². The molecule has 0 aromatic carbocycles. The van der Waals surface area contributed by atoms with E-state index in [1.54, 1.807) is 0 Å². The first-order valence-corrected chi connectivity index (χ1v) is 7.97. The summed E-state index contributed by atoms with van der Waals surface area (Å²) in [5, 5.41) is 3.62. The summed E-state index contributed by atoms with van der Waals surface area (Å²) in [5.41, 5.74) is 0. The number of hydrogen-bond donors (Lipinski definition) is 1. The maximum Gasteiger partial charge on any atom is 0.00925 e. The molecule has 3 atom stereocenters. The SMILES string of the molecule is CNC(CCC1CCCC1)C1CCCC(C)C1. The topological polar surface area (TPSA) is 12.0 Å². The van der Waals surface area contributed by atoms with Crippen molar-refractivity contribution in [1.82, 2.24) is 5.32 Å². The van der Waals surface area contributed by atoms with Crippen LogP contribution in [0, 0.1) is 17.8 Å². The minimum absolute atomic E-state index is 0.804.